The summed E-state index contributed by atoms with van der Waals surface area (Å²) in [5, 5.41) is 0. The highest BCUT2D eigenvalue weighted by molar-refractivity contribution is 4.98. The Morgan fingerprint density at radius 1 is 0.781 bits per heavy atom. The van der Waals surface area contributed by atoms with Crippen LogP contribution in [-0.2, 0) is 0 Å². The van der Waals surface area contributed by atoms with E-state index in [1.54, 1.807) is 0 Å². The van der Waals surface area contributed by atoms with Crippen LogP contribution in [0.25, 0.3) is 0 Å². The summed E-state index contributed by atoms with van der Waals surface area (Å²) >= 11 is 0. The molecule has 0 bridgehead atoms. The minimum Gasteiger partial charge on any atom is -0.0683 e. The van der Waals surface area contributed by atoms with Gasteiger partial charge in [0.15, 0.2) is 0 Å². The van der Waals surface area contributed by atoms with Crippen LogP contribution in [0.5, 0.6) is 0 Å². The first-order valence-corrected chi connectivity index (χ1v) is 15.3. The van der Waals surface area contributed by atoms with Crippen molar-refractivity contribution in [2.24, 2.45) is 46.8 Å². The second kappa shape index (κ2) is 19.3. The van der Waals surface area contributed by atoms with Crippen LogP contribution in [0.2, 0.25) is 0 Å². The molecule has 8 atom stereocenters. The predicted molar refractivity (Wildman–Crippen MR) is 151 cm³/mol. The molecule has 1 rings (SSSR count). The Hall–Kier alpha value is 0. The second-order valence-corrected chi connectivity index (χ2v) is 10.9. The molecule has 0 aromatic heterocycles. The molecule has 0 spiro atoms. The minimum absolute atomic E-state index is 0.543. The first kappa shape index (κ1) is 34.2. The molecule has 1 fully saturated rings. The molecule has 0 nitrogen and oxygen atoms in total. The van der Waals surface area contributed by atoms with Crippen LogP contribution in [0, 0.1) is 46.8 Å². The van der Waals surface area contributed by atoms with Gasteiger partial charge in [0.05, 0.1) is 0 Å². The second-order valence-electron chi connectivity index (χ2n) is 10.9. The molecule has 0 aliphatic heterocycles. The summed E-state index contributed by atoms with van der Waals surface area (Å²) in [6.07, 6.45) is 15.5. The number of hydrogen-bond donors (Lipinski definition) is 0. The van der Waals surface area contributed by atoms with E-state index in [-0.39, 0.29) is 0 Å². The highest BCUT2D eigenvalue weighted by Crippen LogP contribution is 2.56. The number of unbranched alkanes of at least 4 members (excludes halogenated alkanes) is 2. The zero-order valence-corrected chi connectivity index (χ0v) is 25.3. The van der Waals surface area contributed by atoms with Crippen LogP contribution in [0.15, 0.2) is 0 Å². The summed E-state index contributed by atoms with van der Waals surface area (Å²) in [5.41, 5.74) is 0.543. The molecule has 0 heteroatoms. The van der Waals surface area contributed by atoms with Crippen molar-refractivity contribution in [2.45, 2.75) is 161 Å². The lowest BCUT2D eigenvalue weighted by Gasteiger charge is -2.55. The lowest BCUT2D eigenvalue weighted by Crippen LogP contribution is -2.47. The summed E-state index contributed by atoms with van der Waals surface area (Å²) in [4.78, 5) is 0. The summed E-state index contributed by atoms with van der Waals surface area (Å²) in [7, 11) is 0. The zero-order chi connectivity index (χ0) is 25.3. The van der Waals surface area contributed by atoms with E-state index in [9.17, 15) is 0 Å². The standard InChI is InChI=1S/C28H56.2C2H6/c1-10-15-16-18-21(6)27(14-5)28(9)20-19-26(22(7)23(28)8)25(13-4)24(12-3)17-11-2;2*1-2/h21-27H,10-20H2,1-9H3;2*1-2H3/t21-,22?,23?,24?,25?,26?,27?,28?;;/m1../s1. The van der Waals surface area contributed by atoms with Gasteiger partial charge in [-0.15, -0.1) is 0 Å². The van der Waals surface area contributed by atoms with E-state index in [2.05, 4.69) is 62.3 Å². The van der Waals surface area contributed by atoms with E-state index in [0.29, 0.717) is 5.41 Å². The first-order valence-electron chi connectivity index (χ1n) is 15.3. The van der Waals surface area contributed by atoms with Crippen molar-refractivity contribution in [2.75, 3.05) is 0 Å². The van der Waals surface area contributed by atoms with Crippen LogP contribution < -0.4 is 0 Å². The SMILES string of the molecule is CC.CC.CCCCC[C@@H](C)C(CC)C1(C)CCC(C(CC)C(CC)CCC)C(C)C1C. The molecule has 0 N–H and O–H groups in total. The van der Waals surface area contributed by atoms with Gasteiger partial charge in [-0.2, -0.15) is 0 Å². The Labute approximate surface area is 207 Å². The quantitative estimate of drug-likeness (QED) is 0.244. The molecule has 32 heavy (non-hydrogen) atoms. The van der Waals surface area contributed by atoms with E-state index in [1.165, 1.54) is 70.6 Å². The Balaban J connectivity index is 0. The van der Waals surface area contributed by atoms with Crippen LogP contribution in [0.4, 0.5) is 0 Å². The van der Waals surface area contributed by atoms with Gasteiger partial charge in [-0.05, 0) is 59.7 Å². The highest BCUT2D eigenvalue weighted by Gasteiger charge is 2.49. The molecule has 0 radical (unpaired) electrons. The fourth-order valence-corrected chi connectivity index (χ4v) is 7.58. The molecule has 196 valence electrons. The van der Waals surface area contributed by atoms with Crippen LogP contribution in [-0.4, -0.2) is 0 Å². The molecule has 0 aromatic rings. The maximum atomic E-state index is 2.68. The third kappa shape index (κ3) is 9.33. The van der Waals surface area contributed by atoms with Crippen molar-refractivity contribution in [1.29, 1.82) is 0 Å². The average Bonchev–Trinajstić information content (AvgIpc) is 2.82. The fourth-order valence-electron chi connectivity index (χ4n) is 7.58. The van der Waals surface area contributed by atoms with E-state index in [1.807, 2.05) is 27.7 Å². The maximum absolute atomic E-state index is 2.68. The topological polar surface area (TPSA) is 0 Å². The van der Waals surface area contributed by atoms with Crippen LogP contribution in [0.3, 0.4) is 0 Å². The molecule has 1 saturated carbocycles. The lowest BCUT2D eigenvalue weighted by atomic mass is 9.50. The Kier molecular flexibility index (Phi) is 20.6. The van der Waals surface area contributed by atoms with Crippen LogP contribution in [0.1, 0.15) is 161 Å². The molecule has 0 heterocycles. The highest BCUT2D eigenvalue weighted by atomic mass is 14.5. The molecule has 1 aliphatic rings. The van der Waals surface area contributed by atoms with E-state index in [4.69, 9.17) is 0 Å². The molecular weight excluding hydrogens is 384 g/mol. The smallest absolute Gasteiger partial charge is 0.0267 e. The Morgan fingerprint density at radius 3 is 1.81 bits per heavy atom. The van der Waals surface area contributed by atoms with Gasteiger partial charge in [0.2, 0.25) is 0 Å². The van der Waals surface area contributed by atoms with Crippen molar-refractivity contribution in [3.05, 3.63) is 0 Å². The molecule has 7 unspecified atom stereocenters. The first-order chi connectivity index (χ1) is 15.3. The monoisotopic (exact) mass is 453 g/mol. The van der Waals surface area contributed by atoms with Crippen molar-refractivity contribution >= 4 is 0 Å². The van der Waals surface area contributed by atoms with Gasteiger partial charge in [-0.1, -0.05) is 148 Å². The van der Waals surface area contributed by atoms with E-state index >= 15 is 0 Å². The van der Waals surface area contributed by atoms with Gasteiger partial charge < -0.3 is 0 Å². The summed E-state index contributed by atoms with van der Waals surface area (Å²) in [6.45, 7) is 30.6. The largest absolute Gasteiger partial charge is 0.0683 e. The minimum atomic E-state index is 0.543. The molecule has 1 aliphatic carbocycles. The predicted octanol–water partition coefficient (Wildman–Crippen LogP) is 11.8. The average molecular weight is 453 g/mol. The number of hydrogen-bond acceptors (Lipinski definition) is 0. The number of rotatable bonds is 13. The normalized spacial score (nSPS) is 29.0. The van der Waals surface area contributed by atoms with Crippen molar-refractivity contribution in [3.8, 4) is 0 Å². The van der Waals surface area contributed by atoms with Gasteiger partial charge in [0.25, 0.3) is 0 Å². The van der Waals surface area contributed by atoms with Gasteiger partial charge in [0.1, 0.15) is 0 Å². The van der Waals surface area contributed by atoms with E-state index < -0.39 is 0 Å². The van der Waals surface area contributed by atoms with Gasteiger partial charge in [0, 0.05) is 0 Å². The van der Waals surface area contributed by atoms with Crippen molar-refractivity contribution < 1.29 is 0 Å². The molecular formula is C32H68. The van der Waals surface area contributed by atoms with Gasteiger partial charge in [-0.3, -0.25) is 0 Å². The molecule has 0 aromatic carbocycles. The van der Waals surface area contributed by atoms with Gasteiger partial charge >= 0.3 is 0 Å². The zero-order valence-electron chi connectivity index (χ0n) is 25.3. The lowest BCUT2D eigenvalue weighted by molar-refractivity contribution is -0.0577. The van der Waals surface area contributed by atoms with Crippen molar-refractivity contribution in [3.63, 3.8) is 0 Å². The fraction of sp³-hybridized carbons (Fsp3) is 1.00. The third-order valence-electron chi connectivity index (χ3n) is 9.57. The summed E-state index contributed by atoms with van der Waals surface area (Å²) in [5.74, 6) is 6.39. The van der Waals surface area contributed by atoms with Crippen LogP contribution >= 0.6 is 0 Å². The third-order valence-corrected chi connectivity index (χ3v) is 9.57. The van der Waals surface area contributed by atoms with Crippen molar-refractivity contribution in [1.82, 2.24) is 0 Å². The summed E-state index contributed by atoms with van der Waals surface area (Å²) < 4.78 is 0. The Morgan fingerprint density at radius 2 is 1.38 bits per heavy atom. The maximum Gasteiger partial charge on any atom is -0.0267 e. The van der Waals surface area contributed by atoms with Gasteiger partial charge in [-0.25, -0.2) is 0 Å². The van der Waals surface area contributed by atoms with E-state index in [0.717, 1.165) is 41.4 Å². The molecule has 0 saturated heterocycles. The molecule has 0 amide bonds. The Bertz CT molecular complexity index is 399. The summed E-state index contributed by atoms with van der Waals surface area (Å²) in [6, 6.07) is 0.